The molecule has 9 heteroatoms. The molecule has 1 fully saturated rings. The van der Waals surface area contributed by atoms with Gasteiger partial charge in [0.2, 0.25) is 0 Å². The minimum Gasteiger partial charge on any atom is -0.508 e. The number of aromatic hydroxyl groups is 1. The van der Waals surface area contributed by atoms with E-state index >= 15 is 0 Å². The van der Waals surface area contributed by atoms with Crippen LogP contribution in [0.5, 0.6) is 5.75 Å². The lowest BCUT2D eigenvalue weighted by molar-refractivity contribution is -0.400. The molecule has 0 atom stereocenters. The van der Waals surface area contributed by atoms with Crippen molar-refractivity contribution >= 4 is 22.9 Å². The molecule has 1 N–H and O–H groups in total. The number of nitrogens with zero attached hydrogens (tertiary/aromatic N) is 2. The second-order valence-corrected chi connectivity index (χ2v) is 5.67. The fourth-order valence-corrected chi connectivity index (χ4v) is 2.63. The number of carbonyl (C=O) groups excluding carboxylic acids is 2. The Morgan fingerprint density at radius 2 is 1.88 bits per heavy atom. The lowest BCUT2D eigenvalue weighted by atomic mass is 10.1. The van der Waals surface area contributed by atoms with Crippen LogP contribution in [0.3, 0.4) is 0 Å². The van der Waals surface area contributed by atoms with Crippen molar-refractivity contribution in [2.45, 2.75) is 19.4 Å². The summed E-state index contributed by atoms with van der Waals surface area (Å²) in [5, 5.41) is 10.1. The zero-order chi connectivity index (χ0) is 18.3. The van der Waals surface area contributed by atoms with Crippen LogP contribution in [0.25, 0.3) is 22.6 Å². The molecule has 132 valence electrons. The Morgan fingerprint density at radius 3 is 2.65 bits per heavy atom. The first-order chi connectivity index (χ1) is 12.5. The monoisotopic (exact) mass is 356 g/mol. The van der Waals surface area contributed by atoms with Gasteiger partial charge < -0.3 is 9.52 Å². The number of carbonyl (C=O) groups is 2. The zero-order valence-corrected chi connectivity index (χ0v) is 13.3. The molecule has 0 spiro atoms. The molecule has 0 radical (unpaired) electrons. The molecule has 1 aliphatic carbocycles. The SMILES string of the molecule is O=C1CCC(=O)N1OOCc1c2oc3cc(O)ccc3nc-2ccc1=O. The Hall–Kier alpha value is -3.30. The normalized spacial score (nSPS) is 14.7. The smallest absolute Gasteiger partial charge is 0.256 e. The van der Waals surface area contributed by atoms with Gasteiger partial charge in [0.25, 0.3) is 11.8 Å². The van der Waals surface area contributed by atoms with Crippen molar-refractivity contribution in [2.24, 2.45) is 0 Å². The van der Waals surface area contributed by atoms with E-state index in [1.165, 1.54) is 24.3 Å². The van der Waals surface area contributed by atoms with Crippen molar-refractivity contribution < 1.29 is 29.0 Å². The summed E-state index contributed by atoms with van der Waals surface area (Å²) in [5.74, 6) is -0.864. The van der Waals surface area contributed by atoms with Gasteiger partial charge in [0.1, 0.15) is 23.6 Å². The summed E-state index contributed by atoms with van der Waals surface area (Å²) in [7, 11) is 0. The van der Waals surface area contributed by atoms with Crippen molar-refractivity contribution in [1.82, 2.24) is 10.0 Å². The molecule has 2 aliphatic heterocycles. The number of phenols is 1. The summed E-state index contributed by atoms with van der Waals surface area (Å²) in [6, 6.07) is 7.25. The second-order valence-electron chi connectivity index (χ2n) is 5.67. The Labute approximate surface area is 145 Å². The van der Waals surface area contributed by atoms with E-state index in [9.17, 15) is 19.5 Å². The van der Waals surface area contributed by atoms with Gasteiger partial charge in [-0.1, -0.05) is 0 Å². The minimum absolute atomic E-state index is 0.00660. The molecule has 0 aromatic heterocycles. The van der Waals surface area contributed by atoms with Gasteiger partial charge in [-0.25, -0.2) is 9.87 Å². The maximum atomic E-state index is 12.2. The predicted molar refractivity (Wildman–Crippen MR) is 85.5 cm³/mol. The molecule has 0 bridgehead atoms. The van der Waals surface area contributed by atoms with Crippen LogP contribution >= 0.6 is 0 Å². The fourth-order valence-electron chi connectivity index (χ4n) is 2.63. The van der Waals surface area contributed by atoms with Crippen molar-refractivity contribution in [3.8, 4) is 17.2 Å². The molecule has 1 aromatic rings. The molecule has 4 rings (SSSR count). The van der Waals surface area contributed by atoms with Crippen LogP contribution < -0.4 is 5.43 Å². The molecule has 3 aliphatic rings. The number of aromatic nitrogens is 1. The van der Waals surface area contributed by atoms with E-state index in [4.69, 9.17) is 14.3 Å². The lowest BCUT2D eigenvalue weighted by Crippen LogP contribution is -2.29. The molecule has 0 saturated carbocycles. The van der Waals surface area contributed by atoms with Gasteiger partial charge in [-0.05, 0) is 24.3 Å². The van der Waals surface area contributed by atoms with Crippen LogP contribution in [0.1, 0.15) is 18.4 Å². The van der Waals surface area contributed by atoms with Gasteiger partial charge in [0, 0.05) is 18.9 Å². The topological polar surface area (TPSA) is 119 Å². The third kappa shape index (κ3) is 2.79. The maximum absolute atomic E-state index is 12.2. The van der Waals surface area contributed by atoms with E-state index in [-0.39, 0.29) is 47.5 Å². The van der Waals surface area contributed by atoms with Crippen molar-refractivity contribution in [1.29, 1.82) is 0 Å². The number of imide groups is 1. The van der Waals surface area contributed by atoms with E-state index in [2.05, 4.69) is 4.98 Å². The molecule has 2 heterocycles. The number of rotatable bonds is 4. The number of hydrogen-bond donors (Lipinski definition) is 1. The summed E-state index contributed by atoms with van der Waals surface area (Å²) >= 11 is 0. The van der Waals surface area contributed by atoms with Gasteiger partial charge in [-0.15, -0.1) is 10.1 Å². The highest BCUT2D eigenvalue weighted by molar-refractivity contribution is 6.00. The van der Waals surface area contributed by atoms with Gasteiger partial charge in [0.05, 0.1) is 5.56 Å². The Kier molecular flexibility index (Phi) is 3.86. The summed E-state index contributed by atoms with van der Waals surface area (Å²) < 4.78 is 5.70. The molecule has 1 aromatic carbocycles. The van der Waals surface area contributed by atoms with Gasteiger partial charge in [-0.3, -0.25) is 14.4 Å². The zero-order valence-electron chi connectivity index (χ0n) is 13.3. The summed E-state index contributed by atoms with van der Waals surface area (Å²) in [6.07, 6.45) is 0.107. The summed E-state index contributed by atoms with van der Waals surface area (Å²) in [5.41, 5.74) is 0.930. The van der Waals surface area contributed by atoms with Gasteiger partial charge >= 0.3 is 0 Å². The number of hydrogen-bond acceptors (Lipinski definition) is 8. The van der Waals surface area contributed by atoms with E-state index in [0.717, 1.165) is 0 Å². The number of amides is 2. The average Bonchev–Trinajstić information content (AvgIpc) is 2.94. The van der Waals surface area contributed by atoms with Crippen LogP contribution in [0.2, 0.25) is 0 Å². The Balaban J connectivity index is 1.65. The standard InChI is InChI=1S/C17H12N2O7/c20-9-1-2-11-14(7-9)25-17-10(13(21)4-3-12(17)18-11)8-24-26-19-15(22)5-6-16(19)23/h1-4,7,20H,5-6,8H2. The Morgan fingerprint density at radius 1 is 1.12 bits per heavy atom. The third-order valence-corrected chi connectivity index (χ3v) is 3.93. The summed E-state index contributed by atoms with van der Waals surface area (Å²) in [4.78, 5) is 49.1. The Bertz CT molecular complexity index is 1040. The lowest BCUT2D eigenvalue weighted by Gasteiger charge is -2.13. The molecule has 2 amide bonds. The fraction of sp³-hybridized carbons (Fsp3) is 0.176. The first-order valence-corrected chi connectivity index (χ1v) is 7.74. The van der Waals surface area contributed by atoms with Crippen LogP contribution in [0, 0.1) is 0 Å². The highest BCUT2D eigenvalue weighted by Crippen LogP contribution is 2.28. The predicted octanol–water partition coefficient (Wildman–Crippen LogP) is 1.51. The van der Waals surface area contributed by atoms with Crippen LogP contribution in [-0.4, -0.2) is 27.0 Å². The minimum atomic E-state index is -0.511. The number of benzene rings is 2. The first-order valence-electron chi connectivity index (χ1n) is 7.74. The average molecular weight is 356 g/mol. The molecular weight excluding hydrogens is 344 g/mol. The van der Waals surface area contributed by atoms with Crippen LogP contribution in [0.4, 0.5) is 0 Å². The van der Waals surface area contributed by atoms with E-state index in [1.807, 2.05) is 0 Å². The highest BCUT2D eigenvalue weighted by atomic mass is 17.3. The molecule has 1 saturated heterocycles. The first kappa shape index (κ1) is 16.2. The number of fused-ring (bicyclic) bond motifs is 2. The van der Waals surface area contributed by atoms with Crippen LogP contribution in [0.15, 0.2) is 39.5 Å². The molecule has 9 nitrogen and oxygen atoms in total. The molecular formula is C17H12N2O7. The number of hydroxylamine groups is 2. The molecule has 0 unspecified atom stereocenters. The van der Waals surface area contributed by atoms with E-state index in [1.54, 1.807) is 6.07 Å². The highest BCUT2D eigenvalue weighted by Gasteiger charge is 2.31. The van der Waals surface area contributed by atoms with E-state index < -0.39 is 11.8 Å². The van der Waals surface area contributed by atoms with Gasteiger partial charge in [0.15, 0.2) is 16.8 Å². The van der Waals surface area contributed by atoms with E-state index in [0.29, 0.717) is 16.3 Å². The number of phenolic OH excluding ortho intramolecular Hbond substituents is 1. The largest absolute Gasteiger partial charge is 0.508 e. The summed E-state index contributed by atoms with van der Waals surface area (Å²) in [6.45, 7) is -0.358. The maximum Gasteiger partial charge on any atom is 0.256 e. The van der Waals surface area contributed by atoms with Crippen LogP contribution in [-0.2, 0) is 26.1 Å². The second kappa shape index (κ2) is 6.21. The molecule has 26 heavy (non-hydrogen) atoms. The quantitative estimate of drug-likeness (QED) is 0.323. The van der Waals surface area contributed by atoms with Crippen molar-refractivity contribution in [3.05, 3.63) is 46.1 Å². The van der Waals surface area contributed by atoms with Crippen molar-refractivity contribution in [2.75, 3.05) is 0 Å². The van der Waals surface area contributed by atoms with Crippen molar-refractivity contribution in [3.63, 3.8) is 0 Å². The third-order valence-electron chi connectivity index (χ3n) is 3.93. The van der Waals surface area contributed by atoms with Gasteiger partial charge in [-0.2, -0.15) is 0 Å².